The van der Waals surface area contributed by atoms with E-state index in [1.54, 1.807) is 24.3 Å². The molecule has 0 aliphatic carbocycles. The van der Waals surface area contributed by atoms with Crippen LogP contribution in [0, 0.1) is 0 Å². The number of likely N-dealkylation sites (tertiary alicyclic amines) is 1. The smallest absolute Gasteiger partial charge is 0.317 e. The van der Waals surface area contributed by atoms with Crippen LogP contribution >= 0.6 is 0 Å². The molecular formula is C18H26N6O2. The van der Waals surface area contributed by atoms with Crippen molar-refractivity contribution >= 4 is 6.03 Å². The molecule has 0 radical (unpaired) electrons. The first-order chi connectivity index (χ1) is 12.7. The van der Waals surface area contributed by atoms with Crippen LogP contribution in [0.5, 0.6) is 0 Å². The van der Waals surface area contributed by atoms with E-state index in [2.05, 4.69) is 32.3 Å². The molecule has 0 saturated carbocycles. The van der Waals surface area contributed by atoms with Crippen molar-refractivity contribution in [3.8, 4) is 11.4 Å². The van der Waals surface area contributed by atoms with Gasteiger partial charge in [-0.2, -0.15) is 4.98 Å². The number of pyridine rings is 1. The van der Waals surface area contributed by atoms with Gasteiger partial charge in [0, 0.05) is 37.6 Å². The Morgan fingerprint density at radius 3 is 3.00 bits per heavy atom. The van der Waals surface area contributed by atoms with Crippen LogP contribution in [0.25, 0.3) is 11.4 Å². The molecule has 2 aromatic heterocycles. The van der Waals surface area contributed by atoms with Gasteiger partial charge in [-0.3, -0.25) is 4.98 Å². The molecular weight excluding hydrogens is 332 g/mol. The number of urea groups is 1. The first-order valence-corrected chi connectivity index (χ1v) is 9.12. The van der Waals surface area contributed by atoms with E-state index in [4.69, 9.17) is 4.52 Å². The Labute approximate surface area is 153 Å². The van der Waals surface area contributed by atoms with Crippen LogP contribution < -0.4 is 5.32 Å². The van der Waals surface area contributed by atoms with Gasteiger partial charge in [-0.25, -0.2) is 4.79 Å². The molecule has 0 unspecified atom stereocenters. The van der Waals surface area contributed by atoms with Crippen molar-refractivity contribution in [1.82, 2.24) is 30.2 Å². The quantitative estimate of drug-likeness (QED) is 0.851. The highest BCUT2D eigenvalue weighted by Crippen LogP contribution is 2.15. The zero-order valence-corrected chi connectivity index (χ0v) is 15.4. The normalized spacial score (nSPS) is 17.8. The molecule has 2 amide bonds. The lowest BCUT2D eigenvalue weighted by molar-refractivity contribution is 0.168. The van der Waals surface area contributed by atoms with Gasteiger partial charge < -0.3 is 19.6 Å². The highest BCUT2D eigenvalue weighted by atomic mass is 16.5. The maximum atomic E-state index is 12.5. The third kappa shape index (κ3) is 4.78. The Bertz CT molecular complexity index is 703. The third-order valence-corrected chi connectivity index (χ3v) is 4.50. The number of rotatable bonds is 6. The minimum absolute atomic E-state index is 0.114. The second-order valence-electron chi connectivity index (χ2n) is 6.69. The standard InChI is InChI=1S/C18H26N6O2/c1-3-10-24-11-4-5-15(12-24)20-18(25)23(2)13-16-21-17(22-26-16)14-6-8-19-9-7-14/h6-9,15H,3-5,10-13H2,1-2H3,(H,20,25)/t15-/m0/s1. The molecule has 2 aromatic rings. The second-order valence-corrected chi connectivity index (χ2v) is 6.69. The topological polar surface area (TPSA) is 87.4 Å². The molecule has 1 atom stereocenters. The van der Waals surface area contributed by atoms with Gasteiger partial charge in [0.15, 0.2) is 0 Å². The molecule has 140 valence electrons. The summed E-state index contributed by atoms with van der Waals surface area (Å²) in [5.41, 5.74) is 0.834. The van der Waals surface area contributed by atoms with Crippen molar-refractivity contribution in [2.24, 2.45) is 0 Å². The summed E-state index contributed by atoms with van der Waals surface area (Å²) in [6.07, 6.45) is 6.63. The zero-order valence-electron chi connectivity index (χ0n) is 15.4. The van der Waals surface area contributed by atoms with E-state index < -0.39 is 0 Å². The largest absolute Gasteiger partial charge is 0.337 e. The molecule has 0 bridgehead atoms. The lowest BCUT2D eigenvalue weighted by Crippen LogP contribution is -2.50. The second kappa shape index (κ2) is 8.75. The molecule has 0 spiro atoms. The molecule has 1 saturated heterocycles. The summed E-state index contributed by atoms with van der Waals surface area (Å²) >= 11 is 0. The third-order valence-electron chi connectivity index (χ3n) is 4.50. The number of carbonyl (C=O) groups is 1. The fourth-order valence-corrected chi connectivity index (χ4v) is 3.19. The van der Waals surface area contributed by atoms with Gasteiger partial charge in [0.1, 0.15) is 6.54 Å². The van der Waals surface area contributed by atoms with Gasteiger partial charge in [0.25, 0.3) is 0 Å². The van der Waals surface area contributed by atoms with E-state index in [1.807, 2.05) is 12.1 Å². The summed E-state index contributed by atoms with van der Waals surface area (Å²) in [6.45, 7) is 5.58. The first-order valence-electron chi connectivity index (χ1n) is 9.12. The van der Waals surface area contributed by atoms with Gasteiger partial charge >= 0.3 is 6.03 Å². The molecule has 26 heavy (non-hydrogen) atoms. The molecule has 0 aromatic carbocycles. The Kier molecular flexibility index (Phi) is 6.17. The van der Waals surface area contributed by atoms with Crippen molar-refractivity contribution in [1.29, 1.82) is 0 Å². The van der Waals surface area contributed by atoms with Crippen molar-refractivity contribution in [3.05, 3.63) is 30.4 Å². The molecule has 1 N–H and O–H groups in total. The van der Waals surface area contributed by atoms with E-state index in [1.165, 1.54) is 0 Å². The number of hydrogen-bond donors (Lipinski definition) is 1. The van der Waals surface area contributed by atoms with Crippen LogP contribution in [0.15, 0.2) is 29.0 Å². The van der Waals surface area contributed by atoms with Gasteiger partial charge in [0.2, 0.25) is 11.7 Å². The van der Waals surface area contributed by atoms with Crippen LogP contribution in [-0.4, -0.2) is 63.7 Å². The van der Waals surface area contributed by atoms with Crippen molar-refractivity contribution in [2.75, 3.05) is 26.7 Å². The van der Waals surface area contributed by atoms with Crippen LogP contribution in [0.1, 0.15) is 32.1 Å². The predicted molar refractivity (Wildman–Crippen MR) is 97.3 cm³/mol. The SMILES string of the molecule is CCCN1CCC[C@H](NC(=O)N(C)Cc2nc(-c3ccncc3)no2)C1. The average molecular weight is 358 g/mol. The Morgan fingerprint density at radius 1 is 1.42 bits per heavy atom. The van der Waals surface area contributed by atoms with Gasteiger partial charge in [-0.05, 0) is 44.5 Å². The van der Waals surface area contributed by atoms with Gasteiger partial charge in [0.05, 0.1) is 0 Å². The highest BCUT2D eigenvalue weighted by molar-refractivity contribution is 5.74. The first kappa shape index (κ1) is 18.3. The average Bonchev–Trinajstić information content (AvgIpc) is 3.11. The molecule has 8 nitrogen and oxygen atoms in total. The van der Waals surface area contributed by atoms with Gasteiger partial charge in [-0.1, -0.05) is 12.1 Å². The monoisotopic (exact) mass is 358 g/mol. The maximum absolute atomic E-state index is 12.5. The lowest BCUT2D eigenvalue weighted by atomic mass is 10.1. The van der Waals surface area contributed by atoms with E-state index in [0.29, 0.717) is 11.7 Å². The summed E-state index contributed by atoms with van der Waals surface area (Å²) in [7, 11) is 1.73. The molecule has 3 heterocycles. The maximum Gasteiger partial charge on any atom is 0.317 e. The molecule has 1 aliphatic rings. The number of piperidine rings is 1. The fraction of sp³-hybridized carbons (Fsp3) is 0.556. The number of nitrogens with one attached hydrogen (secondary N) is 1. The number of carbonyl (C=O) groups excluding carboxylic acids is 1. The summed E-state index contributed by atoms with van der Waals surface area (Å²) < 4.78 is 5.27. The Hall–Kier alpha value is -2.48. The molecule has 1 aliphatic heterocycles. The van der Waals surface area contributed by atoms with E-state index >= 15 is 0 Å². The Balaban J connectivity index is 1.52. The summed E-state index contributed by atoms with van der Waals surface area (Å²) in [4.78, 5) is 24.8. The lowest BCUT2D eigenvalue weighted by Gasteiger charge is -2.33. The number of hydrogen-bond acceptors (Lipinski definition) is 6. The van der Waals surface area contributed by atoms with Crippen molar-refractivity contribution in [3.63, 3.8) is 0 Å². The number of aromatic nitrogens is 3. The van der Waals surface area contributed by atoms with E-state index in [9.17, 15) is 4.79 Å². The molecule has 3 rings (SSSR count). The van der Waals surface area contributed by atoms with Crippen molar-refractivity contribution in [2.45, 2.75) is 38.8 Å². The zero-order chi connectivity index (χ0) is 18.4. The predicted octanol–water partition coefficient (Wildman–Crippen LogP) is 2.15. The van der Waals surface area contributed by atoms with Crippen LogP contribution in [0.2, 0.25) is 0 Å². The van der Waals surface area contributed by atoms with E-state index in [-0.39, 0.29) is 18.6 Å². The fourth-order valence-electron chi connectivity index (χ4n) is 3.19. The van der Waals surface area contributed by atoms with Crippen molar-refractivity contribution < 1.29 is 9.32 Å². The minimum Gasteiger partial charge on any atom is -0.337 e. The summed E-state index contributed by atoms with van der Waals surface area (Å²) in [5.74, 6) is 0.907. The van der Waals surface area contributed by atoms with E-state index in [0.717, 1.165) is 44.5 Å². The number of amides is 2. The Morgan fingerprint density at radius 2 is 2.23 bits per heavy atom. The van der Waals surface area contributed by atoms with Gasteiger partial charge in [-0.15, -0.1) is 0 Å². The van der Waals surface area contributed by atoms with Crippen LogP contribution in [0.4, 0.5) is 4.79 Å². The minimum atomic E-state index is -0.114. The van der Waals surface area contributed by atoms with Crippen LogP contribution in [-0.2, 0) is 6.54 Å². The molecule has 8 heteroatoms. The van der Waals surface area contributed by atoms with Crippen LogP contribution in [0.3, 0.4) is 0 Å². The number of nitrogens with zero attached hydrogens (tertiary/aromatic N) is 5. The summed E-state index contributed by atoms with van der Waals surface area (Å²) in [6, 6.07) is 3.71. The molecule has 1 fully saturated rings. The highest BCUT2D eigenvalue weighted by Gasteiger charge is 2.23. The summed E-state index contributed by atoms with van der Waals surface area (Å²) in [5, 5.41) is 7.08.